The molecule has 0 aliphatic heterocycles. The van der Waals surface area contributed by atoms with Crippen LogP contribution in [-0.2, 0) is 4.79 Å². The Morgan fingerprint density at radius 2 is 1.84 bits per heavy atom. The van der Waals surface area contributed by atoms with Gasteiger partial charge in [0.25, 0.3) is 5.91 Å². The number of ether oxygens (including phenoxy) is 3. The second kappa shape index (κ2) is 11.9. The predicted molar refractivity (Wildman–Crippen MR) is 122 cm³/mol. The summed E-state index contributed by atoms with van der Waals surface area (Å²) in [6.45, 7) is 7.16. The molecule has 1 unspecified atom stereocenters. The second-order valence-corrected chi connectivity index (χ2v) is 7.28. The average molecular weight is 443 g/mol. The van der Waals surface area contributed by atoms with Gasteiger partial charge in [-0.1, -0.05) is 37.6 Å². The topological polar surface area (TPSA) is 94.6 Å². The van der Waals surface area contributed by atoms with Crippen LogP contribution in [0.3, 0.4) is 0 Å². The molecule has 0 radical (unpaired) electrons. The van der Waals surface area contributed by atoms with Crippen LogP contribution in [0, 0.1) is 11.3 Å². The molecule has 0 aliphatic rings. The molecule has 2 N–H and O–H groups in total. The fourth-order valence-electron chi connectivity index (χ4n) is 2.83. The standard InChI is InChI=1S/C24H27ClN2O4/c1-4-16(3)18-6-8-20(9-7-18)30-10-11-31-23-21(25)13-17(14-22(23)29-5-2)12-19(15-26)24(27)28/h6-9,12-14,16H,4-5,10-11H2,1-3H3,(H2,27,28). The minimum Gasteiger partial charge on any atom is -0.490 e. The molecule has 2 aromatic rings. The number of halogens is 1. The summed E-state index contributed by atoms with van der Waals surface area (Å²) < 4.78 is 17.2. The van der Waals surface area contributed by atoms with Crippen molar-refractivity contribution in [3.8, 4) is 23.3 Å². The van der Waals surface area contributed by atoms with E-state index in [-0.39, 0.29) is 17.2 Å². The lowest BCUT2D eigenvalue weighted by Gasteiger charge is -2.15. The Balaban J connectivity index is 2.05. The monoisotopic (exact) mass is 442 g/mol. The van der Waals surface area contributed by atoms with E-state index in [1.807, 2.05) is 19.1 Å². The van der Waals surface area contributed by atoms with Crippen molar-refractivity contribution in [2.75, 3.05) is 19.8 Å². The van der Waals surface area contributed by atoms with Gasteiger partial charge in [-0.2, -0.15) is 5.26 Å². The van der Waals surface area contributed by atoms with E-state index in [1.165, 1.54) is 11.6 Å². The van der Waals surface area contributed by atoms with Crippen molar-refractivity contribution in [3.63, 3.8) is 0 Å². The quantitative estimate of drug-likeness (QED) is 0.296. The number of nitrogens with two attached hydrogens (primary N) is 1. The van der Waals surface area contributed by atoms with E-state index in [0.717, 1.165) is 12.2 Å². The summed E-state index contributed by atoms with van der Waals surface area (Å²) in [6, 6.07) is 13.0. The van der Waals surface area contributed by atoms with Crippen LogP contribution in [0.5, 0.6) is 17.2 Å². The third kappa shape index (κ3) is 6.94. The van der Waals surface area contributed by atoms with Crippen LogP contribution in [0.2, 0.25) is 5.02 Å². The summed E-state index contributed by atoms with van der Waals surface area (Å²) in [6.07, 6.45) is 2.44. The Labute approximate surface area is 188 Å². The Bertz CT molecular complexity index is 965. The summed E-state index contributed by atoms with van der Waals surface area (Å²) in [7, 11) is 0. The van der Waals surface area contributed by atoms with Crippen LogP contribution in [0.1, 0.15) is 44.2 Å². The first-order valence-electron chi connectivity index (χ1n) is 10.1. The van der Waals surface area contributed by atoms with Gasteiger partial charge in [0.05, 0.1) is 11.6 Å². The van der Waals surface area contributed by atoms with Crippen molar-refractivity contribution in [1.82, 2.24) is 0 Å². The maximum absolute atomic E-state index is 11.3. The number of carbonyl (C=O) groups is 1. The fourth-order valence-corrected chi connectivity index (χ4v) is 3.10. The summed E-state index contributed by atoms with van der Waals surface area (Å²) in [5.41, 5.74) is 6.80. The Hall–Kier alpha value is -3.17. The molecule has 2 aromatic carbocycles. The van der Waals surface area contributed by atoms with E-state index in [0.29, 0.717) is 36.2 Å². The highest BCUT2D eigenvalue weighted by atomic mass is 35.5. The van der Waals surface area contributed by atoms with Gasteiger partial charge in [0, 0.05) is 0 Å². The largest absolute Gasteiger partial charge is 0.490 e. The molecule has 31 heavy (non-hydrogen) atoms. The number of hydrogen-bond donors (Lipinski definition) is 1. The number of primary amides is 1. The van der Waals surface area contributed by atoms with Crippen molar-refractivity contribution in [2.24, 2.45) is 5.73 Å². The van der Waals surface area contributed by atoms with E-state index in [9.17, 15) is 4.79 Å². The van der Waals surface area contributed by atoms with Crippen LogP contribution >= 0.6 is 11.6 Å². The van der Waals surface area contributed by atoms with Gasteiger partial charge in [-0.3, -0.25) is 4.79 Å². The maximum atomic E-state index is 11.3. The van der Waals surface area contributed by atoms with Gasteiger partial charge in [-0.05, 0) is 60.7 Å². The fraction of sp³-hybridized carbons (Fsp3) is 0.333. The number of carbonyl (C=O) groups excluding carboxylic acids is 1. The smallest absolute Gasteiger partial charge is 0.259 e. The van der Waals surface area contributed by atoms with Gasteiger partial charge in [-0.15, -0.1) is 0 Å². The summed E-state index contributed by atoms with van der Waals surface area (Å²) in [5, 5.41) is 9.31. The SMILES string of the molecule is CCOc1cc(C=C(C#N)C(N)=O)cc(Cl)c1OCCOc1ccc(C(C)CC)cc1. The van der Waals surface area contributed by atoms with Crippen molar-refractivity contribution >= 4 is 23.6 Å². The van der Waals surface area contributed by atoms with Crippen molar-refractivity contribution in [3.05, 3.63) is 58.1 Å². The molecule has 1 atom stereocenters. The third-order valence-corrected chi connectivity index (χ3v) is 4.97. The maximum Gasteiger partial charge on any atom is 0.259 e. The number of nitriles is 1. The first kappa shape index (κ1) is 24.1. The van der Waals surface area contributed by atoms with Crippen LogP contribution < -0.4 is 19.9 Å². The zero-order valence-electron chi connectivity index (χ0n) is 18.0. The Kier molecular flexibility index (Phi) is 9.23. The zero-order chi connectivity index (χ0) is 22.8. The van der Waals surface area contributed by atoms with E-state index in [1.54, 1.807) is 18.2 Å². The van der Waals surface area contributed by atoms with Gasteiger partial charge in [0.15, 0.2) is 11.5 Å². The molecular weight excluding hydrogens is 416 g/mol. The van der Waals surface area contributed by atoms with Gasteiger partial charge < -0.3 is 19.9 Å². The molecule has 0 aromatic heterocycles. The zero-order valence-corrected chi connectivity index (χ0v) is 18.7. The molecule has 0 bridgehead atoms. The first-order chi connectivity index (χ1) is 14.9. The lowest BCUT2D eigenvalue weighted by molar-refractivity contribution is -0.114. The molecule has 1 amide bonds. The third-order valence-electron chi connectivity index (χ3n) is 4.69. The van der Waals surface area contributed by atoms with E-state index < -0.39 is 5.91 Å². The lowest BCUT2D eigenvalue weighted by Crippen LogP contribution is -2.12. The average Bonchev–Trinajstić information content (AvgIpc) is 2.76. The number of amides is 1. The molecule has 2 rings (SSSR count). The molecule has 0 saturated heterocycles. The summed E-state index contributed by atoms with van der Waals surface area (Å²) in [4.78, 5) is 11.3. The van der Waals surface area contributed by atoms with Crippen LogP contribution in [0.25, 0.3) is 6.08 Å². The molecule has 0 saturated carbocycles. The number of benzene rings is 2. The molecule has 7 heteroatoms. The Morgan fingerprint density at radius 1 is 1.16 bits per heavy atom. The van der Waals surface area contributed by atoms with Gasteiger partial charge in [0.2, 0.25) is 0 Å². The van der Waals surface area contributed by atoms with E-state index >= 15 is 0 Å². The van der Waals surface area contributed by atoms with Crippen LogP contribution in [0.4, 0.5) is 0 Å². The van der Waals surface area contributed by atoms with Gasteiger partial charge in [-0.25, -0.2) is 0 Å². The Morgan fingerprint density at radius 3 is 2.42 bits per heavy atom. The predicted octanol–water partition coefficient (Wildman–Crippen LogP) is 5.10. The van der Waals surface area contributed by atoms with Crippen LogP contribution in [0.15, 0.2) is 42.0 Å². The second-order valence-electron chi connectivity index (χ2n) is 6.87. The number of rotatable bonds is 11. The molecule has 0 aliphatic carbocycles. The van der Waals surface area contributed by atoms with Gasteiger partial charge in [0.1, 0.15) is 30.6 Å². The normalized spacial score (nSPS) is 12.0. The summed E-state index contributed by atoms with van der Waals surface area (Å²) in [5.74, 6) is 1.24. The van der Waals surface area contributed by atoms with E-state index in [4.69, 9.17) is 36.8 Å². The lowest BCUT2D eigenvalue weighted by atomic mass is 9.99. The van der Waals surface area contributed by atoms with Gasteiger partial charge >= 0.3 is 0 Å². The van der Waals surface area contributed by atoms with Crippen molar-refractivity contribution in [2.45, 2.75) is 33.1 Å². The highest BCUT2D eigenvalue weighted by Crippen LogP contribution is 2.37. The summed E-state index contributed by atoms with van der Waals surface area (Å²) >= 11 is 6.36. The van der Waals surface area contributed by atoms with E-state index in [2.05, 4.69) is 26.0 Å². The minimum absolute atomic E-state index is 0.181. The number of nitrogens with zero attached hydrogens (tertiary/aromatic N) is 1. The molecule has 6 nitrogen and oxygen atoms in total. The molecule has 0 heterocycles. The molecular formula is C24H27ClN2O4. The van der Waals surface area contributed by atoms with Crippen molar-refractivity contribution < 1.29 is 19.0 Å². The van der Waals surface area contributed by atoms with Crippen LogP contribution in [-0.4, -0.2) is 25.7 Å². The van der Waals surface area contributed by atoms with Crippen molar-refractivity contribution in [1.29, 1.82) is 5.26 Å². The first-order valence-corrected chi connectivity index (χ1v) is 10.5. The number of hydrogen-bond acceptors (Lipinski definition) is 5. The highest BCUT2D eigenvalue weighted by Gasteiger charge is 2.14. The highest BCUT2D eigenvalue weighted by molar-refractivity contribution is 6.32. The molecule has 164 valence electrons. The molecule has 0 fully saturated rings. The minimum atomic E-state index is -0.814. The molecule has 0 spiro atoms.